The lowest BCUT2D eigenvalue weighted by molar-refractivity contribution is -0.135. The average Bonchev–Trinajstić information content (AvgIpc) is 3.27. The molecule has 10 nitrogen and oxygen atoms in total. The molecule has 0 unspecified atom stereocenters. The minimum absolute atomic E-state index is 0.0237. The number of hydrogen-bond acceptors (Lipinski definition) is 8. The number of para-hydroxylation sites is 1. The minimum Gasteiger partial charge on any atom is -0.387 e. The van der Waals surface area contributed by atoms with Gasteiger partial charge < -0.3 is 24.9 Å². The number of rotatable bonds is 7. The molecule has 11 heteroatoms. The molecule has 2 aromatic rings. The maximum absolute atomic E-state index is 14.7. The fourth-order valence-electron chi connectivity index (χ4n) is 5.27. The summed E-state index contributed by atoms with van der Waals surface area (Å²) in [7, 11) is 0. The van der Waals surface area contributed by atoms with Crippen LogP contribution < -0.4 is 0 Å². The normalized spacial score (nSPS) is 19.1. The van der Waals surface area contributed by atoms with Crippen molar-refractivity contribution in [2.24, 2.45) is 16.1 Å². The van der Waals surface area contributed by atoms with E-state index in [1.807, 2.05) is 0 Å². The number of carbonyl (C=O) groups is 1. The number of benzene rings is 1. The molecular weight excluding hydrogens is 467 g/mol. The molecule has 0 radical (unpaired) electrons. The van der Waals surface area contributed by atoms with E-state index in [0.717, 1.165) is 38.8 Å². The van der Waals surface area contributed by atoms with Crippen LogP contribution in [-0.2, 0) is 21.9 Å². The van der Waals surface area contributed by atoms with Crippen LogP contribution in [0.4, 0.5) is 4.39 Å². The third-order valence-electron chi connectivity index (χ3n) is 7.17. The topological polar surface area (TPSA) is 116 Å². The molecule has 1 aromatic carbocycles. The Morgan fingerprint density at radius 2 is 1.92 bits per heavy atom. The Hall–Kier alpha value is -2.89. The number of aliphatic hydroxyl groups is 2. The van der Waals surface area contributed by atoms with Gasteiger partial charge in [-0.2, -0.15) is 5.10 Å². The number of nitrogens with zero attached hydrogens (tertiary/aromatic N) is 6. The number of carbonyl (C=O) groups excluding carboxylic acids is 1. The number of oxime groups is 1. The van der Waals surface area contributed by atoms with E-state index in [9.17, 15) is 14.3 Å². The van der Waals surface area contributed by atoms with Crippen molar-refractivity contribution in [2.45, 2.75) is 57.8 Å². The van der Waals surface area contributed by atoms with Gasteiger partial charge in [-0.25, -0.2) is 14.1 Å². The maximum atomic E-state index is 14.7. The van der Waals surface area contributed by atoms with E-state index in [-0.39, 0.29) is 24.0 Å². The van der Waals surface area contributed by atoms with Crippen LogP contribution in [0.5, 0.6) is 0 Å². The quantitative estimate of drug-likeness (QED) is 0.340. The number of likely N-dealkylation sites (tertiary alicyclic amines) is 2. The average molecular weight is 503 g/mol. The van der Waals surface area contributed by atoms with Gasteiger partial charge in [0.2, 0.25) is 11.8 Å². The smallest absolute Gasteiger partial charge is 0.248 e. The first kappa shape index (κ1) is 26.2. The van der Waals surface area contributed by atoms with Crippen LogP contribution in [0.3, 0.4) is 0 Å². The van der Waals surface area contributed by atoms with Crippen molar-refractivity contribution in [2.75, 3.05) is 32.8 Å². The van der Waals surface area contributed by atoms with Crippen LogP contribution in [0, 0.1) is 11.7 Å². The van der Waals surface area contributed by atoms with Gasteiger partial charge in [-0.3, -0.25) is 4.79 Å². The van der Waals surface area contributed by atoms with Crippen molar-refractivity contribution in [1.82, 2.24) is 19.6 Å². The molecule has 2 saturated heterocycles. The summed E-state index contributed by atoms with van der Waals surface area (Å²) in [5.74, 6) is -0.155. The Morgan fingerprint density at radius 1 is 1.22 bits per heavy atom. The Balaban J connectivity index is 1.43. The van der Waals surface area contributed by atoms with Crippen LogP contribution in [0.15, 0.2) is 28.3 Å². The summed E-state index contributed by atoms with van der Waals surface area (Å²) in [6.07, 6.45) is 3.44. The third-order valence-corrected chi connectivity index (χ3v) is 7.17. The van der Waals surface area contributed by atoms with Gasteiger partial charge in [0.05, 0.1) is 0 Å². The molecule has 0 spiro atoms. The lowest BCUT2D eigenvalue weighted by Gasteiger charge is -2.41. The predicted octanol–water partition coefficient (Wildman–Crippen LogP) is 2.09. The molecule has 36 heavy (non-hydrogen) atoms. The highest BCUT2D eigenvalue weighted by atomic mass is 19.1. The Morgan fingerprint density at radius 3 is 2.53 bits per heavy atom. The fourth-order valence-corrected chi connectivity index (χ4v) is 5.27. The van der Waals surface area contributed by atoms with E-state index in [1.54, 1.807) is 30.9 Å². The number of halogens is 1. The van der Waals surface area contributed by atoms with E-state index in [2.05, 4.69) is 26.9 Å². The van der Waals surface area contributed by atoms with Crippen molar-refractivity contribution < 1.29 is 24.2 Å². The molecule has 2 fully saturated rings. The summed E-state index contributed by atoms with van der Waals surface area (Å²) in [5.41, 5.74) is -0.570. The number of aliphatic hydroxyl groups excluding tert-OH is 1. The predicted molar refractivity (Wildman–Crippen MR) is 134 cm³/mol. The second kappa shape index (κ2) is 11.0. The summed E-state index contributed by atoms with van der Waals surface area (Å²) in [5, 5.41) is 28.2. The van der Waals surface area contributed by atoms with E-state index >= 15 is 0 Å². The number of piperidine rings is 2. The number of aromatic nitrogens is 2. The van der Waals surface area contributed by atoms with Gasteiger partial charge in [0, 0.05) is 37.2 Å². The monoisotopic (exact) mass is 502 g/mol. The molecule has 2 aliphatic rings. The molecular formula is C25H35FN6O4. The van der Waals surface area contributed by atoms with Crippen molar-refractivity contribution in [3.05, 3.63) is 29.7 Å². The second-order valence-corrected chi connectivity index (χ2v) is 9.98. The largest absolute Gasteiger partial charge is 0.387 e. The first-order valence-corrected chi connectivity index (χ1v) is 12.4. The van der Waals surface area contributed by atoms with Gasteiger partial charge in [-0.15, -0.1) is 0 Å². The van der Waals surface area contributed by atoms with Gasteiger partial charge in [-0.05, 0) is 58.7 Å². The van der Waals surface area contributed by atoms with Crippen LogP contribution in [0.25, 0.3) is 10.9 Å². The number of aliphatic imine (C=N–C) groups is 1. The standard InChI is InChI=1S/C25H35FN6O4/c1-25(2,35)23-19-5-4-6-20(26)22(19)32(29-23)16-28-24(36-27-3)17-7-11-30(12-8-17)18-9-13-31(14-10-18)21(34)15-33/h4-6,17-18,33,35H,3,7-16H2,1-2H3/b28-24-. The molecule has 0 bridgehead atoms. The molecule has 0 saturated carbocycles. The van der Waals surface area contributed by atoms with Crippen LogP contribution in [-0.4, -0.2) is 87.1 Å². The molecule has 3 heterocycles. The van der Waals surface area contributed by atoms with E-state index < -0.39 is 18.0 Å². The van der Waals surface area contributed by atoms with Crippen molar-refractivity contribution in [1.29, 1.82) is 0 Å². The number of fused-ring (bicyclic) bond motifs is 1. The first-order valence-electron chi connectivity index (χ1n) is 12.4. The first-order chi connectivity index (χ1) is 17.2. The minimum atomic E-state index is -1.24. The third kappa shape index (κ3) is 5.58. The van der Waals surface area contributed by atoms with Gasteiger partial charge in [0.15, 0.2) is 0 Å². The van der Waals surface area contributed by atoms with Crippen LogP contribution >= 0.6 is 0 Å². The van der Waals surface area contributed by atoms with Crippen LogP contribution in [0.1, 0.15) is 45.2 Å². The maximum Gasteiger partial charge on any atom is 0.248 e. The van der Waals surface area contributed by atoms with Crippen molar-refractivity contribution in [3.63, 3.8) is 0 Å². The molecule has 2 aliphatic heterocycles. The van der Waals surface area contributed by atoms with Gasteiger partial charge in [-0.1, -0.05) is 17.3 Å². The van der Waals surface area contributed by atoms with Gasteiger partial charge in [0.1, 0.15) is 35.9 Å². The van der Waals surface area contributed by atoms with E-state index in [4.69, 9.17) is 9.94 Å². The SMILES string of the molecule is C=NO/C(=N\Cn1nc(C(C)(C)O)c2cccc(F)c21)C1CCN(C2CCN(C(=O)CO)CC2)CC1. The highest BCUT2D eigenvalue weighted by Gasteiger charge is 2.32. The number of amides is 1. The summed E-state index contributed by atoms with van der Waals surface area (Å²) < 4.78 is 16.1. The lowest BCUT2D eigenvalue weighted by atomic mass is 9.93. The molecule has 196 valence electrons. The number of hydrogen-bond donors (Lipinski definition) is 2. The Labute approximate surface area is 210 Å². The zero-order valence-electron chi connectivity index (χ0n) is 20.9. The molecule has 1 amide bonds. The van der Waals surface area contributed by atoms with Crippen LogP contribution in [0.2, 0.25) is 0 Å². The van der Waals surface area contributed by atoms with Crippen molar-refractivity contribution in [3.8, 4) is 0 Å². The second-order valence-electron chi connectivity index (χ2n) is 9.98. The van der Waals surface area contributed by atoms with Gasteiger partial charge >= 0.3 is 0 Å². The summed E-state index contributed by atoms with van der Waals surface area (Å²) in [6, 6.07) is 5.11. The highest BCUT2D eigenvalue weighted by Crippen LogP contribution is 2.30. The van der Waals surface area contributed by atoms with Crippen molar-refractivity contribution >= 4 is 29.4 Å². The Kier molecular flexibility index (Phi) is 8.01. The van der Waals surface area contributed by atoms with Gasteiger partial charge in [0.25, 0.3) is 0 Å². The van der Waals surface area contributed by atoms with E-state index in [0.29, 0.717) is 36.1 Å². The molecule has 0 aliphatic carbocycles. The molecule has 0 atom stereocenters. The summed E-state index contributed by atoms with van der Waals surface area (Å²) in [6.45, 7) is 9.33. The lowest BCUT2D eigenvalue weighted by Crippen LogP contribution is -2.50. The highest BCUT2D eigenvalue weighted by molar-refractivity contribution is 5.83. The summed E-state index contributed by atoms with van der Waals surface area (Å²) >= 11 is 0. The van der Waals surface area contributed by atoms with E-state index in [1.165, 1.54) is 10.7 Å². The zero-order valence-corrected chi connectivity index (χ0v) is 20.9. The molecule has 4 rings (SSSR count). The molecule has 1 aromatic heterocycles. The zero-order chi connectivity index (χ0) is 25.9. The fraction of sp³-hybridized carbons (Fsp3) is 0.600. The molecule has 2 N–H and O–H groups in total. The summed E-state index contributed by atoms with van der Waals surface area (Å²) in [4.78, 5) is 25.9. The Bertz CT molecular complexity index is 1110.